The van der Waals surface area contributed by atoms with Crippen LogP contribution in [0.1, 0.15) is 0 Å². The summed E-state index contributed by atoms with van der Waals surface area (Å²) < 4.78 is 68.1. The van der Waals surface area contributed by atoms with Crippen LogP contribution in [-0.2, 0) is 4.79 Å². The van der Waals surface area contributed by atoms with E-state index in [1.54, 1.807) is 12.4 Å². The van der Waals surface area contributed by atoms with E-state index in [1.807, 2.05) is 12.1 Å². The van der Waals surface area contributed by atoms with E-state index in [0.29, 0.717) is 0 Å². The minimum absolute atomic E-state index is 0. The molecule has 0 spiro atoms. The maximum absolute atomic E-state index is 11.4. The van der Waals surface area contributed by atoms with Crippen LogP contribution in [0.15, 0.2) is 60.6 Å². The molecule has 11 heteroatoms. The van der Waals surface area contributed by atoms with Crippen LogP contribution in [0.5, 0.6) is 0 Å². The van der Waals surface area contributed by atoms with Gasteiger partial charge in [-0.05, 0) is 12.1 Å². The fraction of sp³-hybridized carbons (Fsp3) is 0.118. The molecule has 0 aliphatic carbocycles. The third kappa shape index (κ3) is 6.38. The molecule has 28 heavy (non-hydrogen) atoms. The van der Waals surface area contributed by atoms with Crippen molar-refractivity contribution in [2.75, 3.05) is 0 Å². The van der Waals surface area contributed by atoms with Crippen molar-refractivity contribution in [3.63, 3.8) is 0 Å². The van der Waals surface area contributed by atoms with Crippen molar-refractivity contribution in [2.24, 2.45) is 0 Å². The van der Waals surface area contributed by atoms with Gasteiger partial charge in [0.25, 0.3) is 5.78 Å². The molecular weight excluding hydrogens is 518 g/mol. The fourth-order valence-corrected chi connectivity index (χ4v) is 1.97. The molecule has 3 rings (SSSR count). The minimum atomic E-state index is -5.42. The van der Waals surface area contributed by atoms with E-state index in [9.17, 15) is 31.1 Å². The van der Waals surface area contributed by atoms with Gasteiger partial charge in [-0.25, -0.2) is 0 Å². The average Bonchev–Trinajstić information content (AvgIpc) is 2.60. The van der Waals surface area contributed by atoms with Crippen molar-refractivity contribution in [3.05, 3.63) is 60.6 Å². The topological polar surface area (TPSA) is 63.1 Å². The number of rotatable bonds is 1. The van der Waals surface area contributed by atoms with E-state index in [1.165, 1.54) is 0 Å². The van der Waals surface area contributed by atoms with Crippen molar-refractivity contribution >= 4 is 27.6 Å². The van der Waals surface area contributed by atoms with E-state index in [-0.39, 0.29) is 41.7 Å². The molecule has 0 saturated heterocycles. The van der Waals surface area contributed by atoms with Crippen LogP contribution in [0.3, 0.4) is 0 Å². The number of pyridine rings is 2. The number of halogens is 6. The van der Waals surface area contributed by atoms with Crippen LogP contribution in [-0.4, -0.2) is 33.2 Å². The first-order valence-corrected chi connectivity index (χ1v) is 7.17. The number of carbonyl (C=O) groups is 1. The van der Waals surface area contributed by atoms with Crippen molar-refractivity contribution < 1.29 is 78.0 Å². The molecule has 1 aromatic carbocycles. The van der Waals surface area contributed by atoms with Gasteiger partial charge in [-0.2, -0.15) is 26.3 Å². The van der Waals surface area contributed by atoms with Crippen LogP contribution in [0.4, 0.5) is 26.3 Å². The number of fused-ring (bicyclic) bond motifs is 3. The van der Waals surface area contributed by atoms with E-state index in [0.717, 1.165) is 21.8 Å². The minimum Gasteiger partial charge on any atom is -0.504 e. The first-order valence-electron chi connectivity index (χ1n) is 7.17. The molecule has 0 aliphatic heterocycles. The Kier molecular flexibility index (Phi) is 8.32. The molecule has 0 unspecified atom stereocenters. The molecule has 2 aromatic heterocycles. The maximum atomic E-state index is 11.4. The molecule has 1 N–H and O–H groups in total. The third-order valence-electron chi connectivity index (χ3n) is 3.18. The maximum Gasteiger partial charge on any atom is 0.454 e. The van der Waals surface area contributed by atoms with Gasteiger partial charge in [-0.1, -0.05) is 24.3 Å². The van der Waals surface area contributed by atoms with Gasteiger partial charge in [-0.15, -0.1) is 0 Å². The molecule has 0 bridgehead atoms. The molecule has 3 aromatic rings. The largest absolute Gasteiger partial charge is 0.504 e. The Morgan fingerprint density at radius 1 is 0.821 bits per heavy atom. The Morgan fingerprint density at radius 2 is 1.25 bits per heavy atom. The zero-order valence-corrected chi connectivity index (χ0v) is 16.9. The molecule has 0 amide bonds. The number of hydrogen-bond donors (Lipinski definition) is 1. The average molecular weight is 528 g/mol. The van der Waals surface area contributed by atoms with Crippen molar-refractivity contribution in [3.8, 4) is 0 Å². The van der Waals surface area contributed by atoms with Gasteiger partial charge in [0.05, 0.1) is 11.0 Å². The number of nitrogens with zero attached hydrogens (tertiary/aromatic N) is 2. The standard InChI is InChI=1S/C12H8N2.C5H2F6O2.Ce/c1-3-9-5-6-10-4-2-8-14-12(10)11(9)13-7-1;6-4(7,8)2(12)1-3(13)5(9,10)11;/h1-8H;1,12H;/b;2-1-;. The Labute approximate surface area is 187 Å². The summed E-state index contributed by atoms with van der Waals surface area (Å²) >= 11 is 0. The number of aliphatic hydroxyl groups excluding tert-OH is 1. The molecule has 0 saturated carbocycles. The first-order chi connectivity index (χ1) is 12.5. The number of alkyl halides is 6. The molecule has 146 valence electrons. The second-order valence-corrected chi connectivity index (χ2v) is 5.11. The molecular formula is C17H10CeF6N2O2. The number of ketones is 1. The Hall–Kier alpha value is -1.79. The van der Waals surface area contributed by atoms with E-state index in [2.05, 4.69) is 34.2 Å². The number of hydrogen-bond acceptors (Lipinski definition) is 4. The number of aromatic nitrogens is 2. The van der Waals surface area contributed by atoms with Crippen LogP contribution >= 0.6 is 0 Å². The summed E-state index contributed by atoms with van der Waals surface area (Å²) in [7, 11) is 0. The Balaban J connectivity index is 0.000000272. The van der Waals surface area contributed by atoms with Gasteiger partial charge in [0.1, 0.15) is 0 Å². The smallest absolute Gasteiger partial charge is 0.454 e. The van der Waals surface area contributed by atoms with Crippen molar-refractivity contribution in [2.45, 2.75) is 12.4 Å². The summed E-state index contributed by atoms with van der Waals surface area (Å²) in [6, 6.07) is 12.1. The van der Waals surface area contributed by atoms with Crippen LogP contribution in [0.25, 0.3) is 21.8 Å². The summed E-state index contributed by atoms with van der Waals surface area (Å²) in [4.78, 5) is 18.6. The number of aliphatic hydroxyl groups is 1. The van der Waals surface area contributed by atoms with Crippen molar-refractivity contribution in [1.29, 1.82) is 0 Å². The zero-order valence-electron chi connectivity index (χ0n) is 13.7. The summed E-state index contributed by atoms with van der Waals surface area (Å²) in [5.41, 5.74) is 1.95. The molecule has 0 fully saturated rings. The number of benzene rings is 1. The van der Waals surface area contributed by atoms with Gasteiger partial charge in [0.15, 0.2) is 0 Å². The van der Waals surface area contributed by atoms with Gasteiger partial charge in [-0.3, -0.25) is 14.8 Å². The van der Waals surface area contributed by atoms with Crippen LogP contribution in [0, 0.1) is 41.7 Å². The summed E-state index contributed by atoms with van der Waals surface area (Å²) in [5, 5.41) is 10.2. The predicted octanol–water partition coefficient (Wildman–Crippen LogP) is 4.91. The van der Waals surface area contributed by atoms with Crippen LogP contribution in [0.2, 0.25) is 0 Å². The van der Waals surface area contributed by atoms with Gasteiger partial charge < -0.3 is 5.11 Å². The number of carbonyl (C=O) groups excluding carboxylic acids is 1. The molecule has 0 atom stereocenters. The molecule has 4 nitrogen and oxygen atoms in total. The molecule has 2 heterocycles. The van der Waals surface area contributed by atoms with Gasteiger partial charge >= 0.3 is 12.4 Å². The van der Waals surface area contributed by atoms with E-state index in [4.69, 9.17) is 5.11 Å². The zero-order chi connectivity index (χ0) is 20.2. The predicted molar refractivity (Wildman–Crippen MR) is 84.9 cm³/mol. The Bertz CT molecular complexity index is 947. The summed E-state index contributed by atoms with van der Waals surface area (Å²) in [6.07, 6.45) is -8.08. The van der Waals surface area contributed by atoms with E-state index < -0.39 is 30.0 Å². The first kappa shape index (κ1) is 24.2. The SMILES string of the molecule is O=C(/C=C(\O)C(F)(F)F)C(F)(F)F.[Ce].c1cnc2c(c1)ccc1cccnc12. The summed E-state index contributed by atoms with van der Waals surface area (Å²) in [6.45, 7) is 0. The second-order valence-electron chi connectivity index (χ2n) is 5.11. The second kappa shape index (κ2) is 9.61. The van der Waals surface area contributed by atoms with Gasteiger partial charge in [0, 0.05) is 71.0 Å². The van der Waals surface area contributed by atoms with E-state index >= 15 is 0 Å². The third-order valence-corrected chi connectivity index (χ3v) is 3.18. The number of allylic oxidation sites excluding steroid dienone is 2. The van der Waals surface area contributed by atoms with Gasteiger partial charge in [0.2, 0.25) is 5.76 Å². The monoisotopic (exact) mass is 528 g/mol. The molecule has 0 aliphatic rings. The van der Waals surface area contributed by atoms with Crippen molar-refractivity contribution in [1.82, 2.24) is 9.97 Å². The normalized spacial score (nSPS) is 12.1. The molecule has 0 radical (unpaired) electrons. The summed E-state index contributed by atoms with van der Waals surface area (Å²) in [5.74, 6) is -5.34. The fourth-order valence-electron chi connectivity index (χ4n) is 1.97. The quantitative estimate of drug-likeness (QED) is 0.211. The Morgan fingerprint density at radius 3 is 1.61 bits per heavy atom. The van der Waals surface area contributed by atoms with Crippen LogP contribution < -0.4 is 0 Å².